The van der Waals surface area contributed by atoms with E-state index in [1.165, 1.54) is 12.8 Å². The van der Waals surface area contributed by atoms with E-state index < -0.39 is 17.6 Å². The van der Waals surface area contributed by atoms with Crippen LogP contribution >= 0.6 is 0 Å². The van der Waals surface area contributed by atoms with Crippen molar-refractivity contribution in [2.24, 2.45) is 5.92 Å². The maximum absolute atomic E-state index is 11.2. The summed E-state index contributed by atoms with van der Waals surface area (Å²) in [5.41, 5.74) is -1.96. The van der Waals surface area contributed by atoms with Crippen LogP contribution in [0.4, 0.5) is 4.79 Å². The van der Waals surface area contributed by atoms with Crippen LogP contribution in [0.1, 0.15) is 19.8 Å². The van der Waals surface area contributed by atoms with E-state index in [0.717, 1.165) is 13.5 Å². The summed E-state index contributed by atoms with van der Waals surface area (Å²) in [6.07, 6.45) is 2.44. The van der Waals surface area contributed by atoms with Gasteiger partial charge < -0.3 is 25.6 Å². The SMILES string of the molecule is CC(O)(CNC(=O)NCCOCC1CC1)C(=O)O. The topological polar surface area (TPSA) is 108 Å². The zero-order valence-corrected chi connectivity index (χ0v) is 10.4. The molecule has 4 N–H and O–H groups in total. The summed E-state index contributed by atoms with van der Waals surface area (Å²) in [6.45, 7) is 2.29. The summed E-state index contributed by atoms with van der Waals surface area (Å²) in [6, 6.07) is -0.522. The van der Waals surface area contributed by atoms with Crippen LogP contribution in [0.3, 0.4) is 0 Å². The highest BCUT2D eigenvalue weighted by Gasteiger charge is 2.30. The number of aliphatic carboxylic acids is 1. The van der Waals surface area contributed by atoms with Crippen LogP contribution < -0.4 is 10.6 Å². The third-order valence-electron chi connectivity index (χ3n) is 2.64. The van der Waals surface area contributed by atoms with Crippen molar-refractivity contribution in [3.8, 4) is 0 Å². The van der Waals surface area contributed by atoms with Crippen molar-refractivity contribution in [3.63, 3.8) is 0 Å². The zero-order chi connectivity index (χ0) is 13.6. The highest BCUT2D eigenvalue weighted by molar-refractivity contribution is 5.79. The molecule has 1 aliphatic carbocycles. The molecule has 0 heterocycles. The second-order valence-corrected chi connectivity index (χ2v) is 4.71. The Bertz CT molecular complexity index is 302. The first kappa shape index (κ1) is 14.7. The van der Waals surface area contributed by atoms with Gasteiger partial charge in [-0.2, -0.15) is 0 Å². The van der Waals surface area contributed by atoms with Gasteiger partial charge >= 0.3 is 12.0 Å². The number of rotatable bonds is 8. The highest BCUT2D eigenvalue weighted by Crippen LogP contribution is 2.28. The van der Waals surface area contributed by atoms with E-state index >= 15 is 0 Å². The van der Waals surface area contributed by atoms with Crippen LogP contribution in [0.2, 0.25) is 0 Å². The number of hydrogen-bond acceptors (Lipinski definition) is 4. The van der Waals surface area contributed by atoms with Crippen LogP contribution in [0.15, 0.2) is 0 Å². The summed E-state index contributed by atoms with van der Waals surface area (Å²) in [4.78, 5) is 21.8. The molecular weight excluding hydrogens is 240 g/mol. The molecule has 7 heteroatoms. The Hall–Kier alpha value is -1.34. The largest absolute Gasteiger partial charge is 0.479 e. The van der Waals surface area contributed by atoms with Crippen molar-refractivity contribution >= 4 is 12.0 Å². The number of hydrogen-bond donors (Lipinski definition) is 4. The minimum Gasteiger partial charge on any atom is -0.479 e. The molecule has 0 aromatic heterocycles. The zero-order valence-electron chi connectivity index (χ0n) is 10.4. The Balaban J connectivity index is 2.00. The first-order valence-electron chi connectivity index (χ1n) is 5.97. The van der Waals surface area contributed by atoms with Gasteiger partial charge in [0.15, 0.2) is 5.60 Å². The normalized spacial score (nSPS) is 17.9. The lowest BCUT2D eigenvalue weighted by atomic mass is 10.1. The maximum atomic E-state index is 11.2. The predicted molar refractivity (Wildman–Crippen MR) is 63.2 cm³/mol. The Kier molecular flexibility index (Phi) is 5.36. The molecule has 2 amide bonds. The van der Waals surface area contributed by atoms with Crippen LogP contribution in [0.5, 0.6) is 0 Å². The second kappa shape index (κ2) is 6.55. The van der Waals surface area contributed by atoms with Gasteiger partial charge in [-0.3, -0.25) is 0 Å². The van der Waals surface area contributed by atoms with Gasteiger partial charge in [-0.25, -0.2) is 9.59 Å². The van der Waals surface area contributed by atoms with E-state index in [1.807, 2.05) is 0 Å². The number of aliphatic hydroxyl groups is 1. The maximum Gasteiger partial charge on any atom is 0.337 e. The number of carbonyl (C=O) groups is 2. The minimum atomic E-state index is -1.96. The van der Waals surface area contributed by atoms with Gasteiger partial charge in [0.1, 0.15) is 0 Å². The third-order valence-corrected chi connectivity index (χ3v) is 2.64. The number of nitrogens with one attached hydrogen (secondary N) is 2. The minimum absolute atomic E-state index is 0.350. The number of amides is 2. The molecule has 1 unspecified atom stereocenters. The fourth-order valence-electron chi connectivity index (χ4n) is 1.16. The molecule has 0 aliphatic heterocycles. The summed E-state index contributed by atoms with van der Waals surface area (Å²) < 4.78 is 5.31. The molecule has 0 spiro atoms. The van der Waals surface area contributed by atoms with Crippen LogP contribution in [-0.2, 0) is 9.53 Å². The molecule has 1 saturated carbocycles. The molecule has 0 saturated heterocycles. The van der Waals surface area contributed by atoms with Gasteiger partial charge in [0.25, 0.3) is 0 Å². The monoisotopic (exact) mass is 260 g/mol. The molecule has 1 aliphatic rings. The summed E-state index contributed by atoms with van der Waals surface area (Å²) in [7, 11) is 0. The third kappa shape index (κ3) is 5.83. The molecule has 0 aromatic rings. The van der Waals surface area contributed by atoms with E-state index in [0.29, 0.717) is 19.1 Å². The van der Waals surface area contributed by atoms with E-state index in [2.05, 4.69) is 10.6 Å². The fraction of sp³-hybridized carbons (Fsp3) is 0.818. The second-order valence-electron chi connectivity index (χ2n) is 4.71. The molecule has 18 heavy (non-hydrogen) atoms. The van der Waals surface area contributed by atoms with Gasteiger partial charge in [0.2, 0.25) is 0 Å². The molecular formula is C11H20N2O5. The molecule has 7 nitrogen and oxygen atoms in total. The van der Waals surface area contributed by atoms with E-state index in [4.69, 9.17) is 9.84 Å². The lowest BCUT2D eigenvalue weighted by Crippen LogP contribution is -2.49. The van der Waals surface area contributed by atoms with Crippen molar-refractivity contribution in [2.45, 2.75) is 25.4 Å². The number of ether oxygens (including phenoxy) is 1. The van der Waals surface area contributed by atoms with Gasteiger partial charge in [-0.1, -0.05) is 0 Å². The Morgan fingerprint density at radius 3 is 2.61 bits per heavy atom. The Morgan fingerprint density at radius 2 is 2.06 bits per heavy atom. The van der Waals surface area contributed by atoms with Crippen molar-refractivity contribution in [3.05, 3.63) is 0 Å². The molecule has 1 atom stereocenters. The van der Waals surface area contributed by atoms with Crippen molar-refractivity contribution < 1.29 is 24.5 Å². The van der Waals surface area contributed by atoms with E-state index in [1.54, 1.807) is 0 Å². The van der Waals surface area contributed by atoms with Crippen LogP contribution in [-0.4, -0.2) is 54.1 Å². The lowest BCUT2D eigenvalue weighted by Gasteiger charge is -2.18. The van der Waals surface area contributed by atoms with E-state index in [-0.39, 0.29) is 6.54 Å². The quantitative estimate of drug-likeness (QED) is 0.442. The summed E-state index contributed by atoms with van der Waals surface area (Å²) in [5, 5.41) is 22.8. The van der Waals surface area contributed by atoms with Gasteiger partial charge in [-0.05, 0) is 25.7 Å². The Morgan fingerprint density at radius 1 is 1.39 bits per heavy atom. The molecule has 0 bridgehead atoms. The molecule has 1 fully saturated rings. The lowest BCUT2D eigenvalue weighted by molar-refractivity contribution is -0.155. The number of carboxylic acid groups (broad SMARTS) is 1. The standard InChI is InChI=1S/C11H20N2O5/c1-11(17,9(14)15)7-13-10(16)12-4-5-18-6-8-2-3-8/h8,17H,2-7H2,1H3,(H,14,15)(H2,12,13,16). The van der Waals surface area contributed by atoms with Crippen LogP contribution in [0, 0.1) is 5.92 Å². The van der Waals surface area contributed by atoms with Gasteiger partial charge in [0.05, 0.1) is 13.2 Å². The van der Waals surface area contributed by atoms with Crippen molar-refractivity contribution in [1.82, 2.24) is 10.6 Å². The predicted octanol–water partition coefficient (Wildman–Crippen LogP) is -0.452. The highest BCUT2D eigenvalue weighted by atomic mass is 16.5. The molecule has 104 valence electrons. The number of urea groups is 1. The van der Waals surface area contributed by atoms with Gasteiger partial charge in [-0.15, -0.1) is 0 Å². The first-order chi connectivity index (χ1) is 8.42. The van der Waals surface area contributed by atoms with Crippen molar-refractivity contribution in [1.29, 1.82) is 0 Å². The van der Waals surface area contributed by atoms with Crippen LogP contribution in [0.25, 0.3) is 0 Å². The number of carboxylic acids is 1. The number of carbonyl (C=O) groups excluding carboxylic acids is 1. The smallest absolute Gasteiger partial charge is 0.337 e. The molecule has 0 radical (unpaired) electrons. The summed E-state index contributed by atoms with van der Waals surface area (Å²) in [5.74, 6) is -0.694. The first-order valence-corrected chi connectivity index (χ1v) is 5.97. The molecule has 0 aromatic carbocycles. The summed E-state index contributed by atoms with van der Waals surface area (Å²) >= 11 is 0. The average Bonchev–Trinajstić information content (AvgIpc) is 3.10. The Labute approximate surface area is 106 Å². The average molecular weight is 260 g/mol. The van der Waals surface area contributed by atoms with Crippen molar-refractivity contribution in [2.75, 3.05) is 26.3 Å². The fourth-order valence-corrected chi connectivity index (χ4v) is 1.16. The molecule has 1 rings (SSSR count). The van der Waals surface area contributed by atoms with Gasteiger partial charge in [0, 0.05) is 13.2 Å². The van der Waals surface area contributed by atoms with E-state index in [9.17, 15) is 14.7 Å².